The van der Waals surface area contributed by atoms with E-state index in [9.17, 15) is 9.59 Å². The molecule has 0 saturated heterocycles. The van der Waals surface area contributed by atoms with Crippen LogP contribution in [-0.4, -0.2) is 23.3 Å². The SMILES string of the molecule is CCC(O)OC(=O)/C=C\C(=O)OCc1ccccc1. The molecule has 0 fully saturated rings. The number of carbonyl (C=O) groups is 2. The van der Waals surface area contributed by atoms with Gasteiger partial charge < -0.3 is 14.6 Å². The average molecular weight is 264 g/mol. The molecule has 102 valence electrons. The third kappa shape index (κ3) is 6.38. The first-order valence-electron chi connectivity index (χ1n) is 5.89. The Morgan fingerprint density at radius 2 is 1.84 bits per heavy atom. The highest BCUT2D eigenvalue weighted by Crippen LogP contribution is 2.01. The van der Waals surface area contributed by atoms with Gasteiger partial charge in [-0.25, -0.2) is 9.59 Å². The number of esters is 2. The van der Waals surface area contributed by atoms with Crippen LogP contribution < -0.4 is 0 Å². The minimum absolute atomic E-state index is 0.136. The van der Waals surface area contributed by atoms with Gasteiger partial charge in [-0.2, -0.15) is 0 Å². The number of carbonyl (C=O) groups excluding carboxylic acids is 2. The van der Waals surface area contributed by atoms with Crippen LogP contribution in [0.15, 0.2) is 42.5 Å². The maximum Gasteiger partial charge on any atom is 0.333 e. The van der Waals surface area contributed by atoms with Crippen LogP contribution in [0, 0.1) is 0 Å². The van der Waals surface area contributed by atoms with Gasteiger partial charge in [-0.15, -0.1) is 0 Å². The molecule has 0 spiro atoms. The lowest BCUT2D eigenvalue weighted by Gasteiger charge is -2.06. The van der Waals surface area contributed by atoms with Gasteiger partial charge in [-0.3, -0.25) is 0 Å². The fourth-order valence-corrected chi connectivity index (χ4v) is 1.17. The van der Waals surface area contributed by atoms with Crippen molar-refractivity contribution < 1.29 is 24.2 Å². The molecule has 0 aliphatic carbocycles. The molecule has 1 atom stereocenters. The molecule has 0 radical (unpaired) electrons. The van der Waals surface area contributed by atoms with Crippen molar-refractivity contribution in [1.29, 1.82) is 0 Å². The molecule has 0 saturated carbocycles. The van der Waals surface area contributed by atoms with Crippen LogP contribution in [0.4, 0.5) is 0 Å². The topological polar surface area (TPSA) is 72.8 Å². The van der Waals surface area contributed by atoms with Gasteiger partial charge in [0.2, 0.25) is 6.29 Å². The fraction of sp³-hybridized carbons (Fsp3) is 0.286. The highest BCUT2D eigenvalue weighted by Gasteiger charge is 2.06. The number of aliphatic hydroxyl groups excluding tert-OH is 1. The van der Waals surface area contributed by atoms with Crippen molar-refractivity contribution in [2.45, 2.75) is 26.2 Å². The van der Waals surface area contributed by atoms with E-state index in [0.717, 1.165) is 17.7 Å². The predicted molar refractivity (Wildman–Crippen MR) is 67.8 cm³/mol. The normalized spacial score (nSPS) is 12.1. The Kier molecular flexibility index (Phi) is 6.32. The van der Waals surface area contributed by atoms with Crippen molar-refractivity contribution in [3.63, 3.8) is 0 Å². The van der Waals surface area contributed by atoms with E-state index in [1.54, 1.807) is 6.92 Å². The van der Waals surface area contributed by atoms with Gasteiger partial charge in [0.1, 0.15) is 6.61 Å². The third-order valence-corrected chi connectivity index (χ3v) is 2.18. The summed E-state index contributed by atoms with van der Waals surface area (Å²) in [6.45, 7) is 1.80. The van der Waals surface area contributed by atoms with Crippen molar-refractivity contribution in [3.05, 3.63) is 48.0 Å². The third-order valence-electron chi connectivity index (χ3n) is 2.18. The molecular weight excluding hydrogens is 248 g/mol. The van der Waals surface area contributed by atoms with E-state index in [0.29, 0.717) is 0 Å². The Labute approximate surface area is 111 Å². The molecule has 0 aromatic heterocycles. The lowest BCUT2D eigenvalue weighted by Crippen LogP contribution is -2.15. The number of ether oxygens (including phenoxy) is 2. The number of benzene rings is 1. The van der Waals surface area contributed by atoms with Gasteiger partial charge in [0.25, 0.3) is 0 Å². The molecule has 5 heteroatoms. The van der Waals surface area contributed by atoms with E-state index in [1.165, 1.54) is 0 Å². The minimum Gasteiger partial charge on any atom is -0.458 e. The molecule has 1 unspecified atom stereocenters. The lowest BCUT2D eigenvalue weighted by molar-refractivity contribution is -0.162. The molecule has 0 aliphatic heterocycles. The zero-order chi connectivity index (χ0) is 14.1. The zero-order valence-electron chi connectivity index (χ0n) is 10.6. The Balaban J connectivity index is 2.33. The highest BCUT2D eigenvalue weighted by molar-refractivity contribution is 5.91. The van der Waals surface area contributed by atoms with Crippen LogP contribution in [0.25, 0.3) is 0 Å². The van der Waals surface area contributed by atoms with Crippen molar-refractivity contribution in [3.8, 4) is 0 Å². The van der Waals surface area contributed by atoms with Crippen molar-refractivity contribution in [2.24, 2.45) is 0 Å². The molecule has 0 aliphatic rings. The van der Waals surface area contributed by atoms with Gasteiger partial charge in [-0.05, 0) is 5.56 Å². The zero-order valence-corrected chi connectivity index (χ0v) is 10.6. The van der Waals surface area contributed by atoms with E-state index < -0.39 is 18.2 Å². The van der Waals surface area contributed by atoms with E-state index in [4.69, 9.17) is 9.84 Å². The highest BCUT2D eigenvalue weighted by atomic mass is 16.6. The van der Waals surface area contributed by atoms with Crippen LogP contribution in [0.3, 0.4) is 0 Å². The van der Waals surface area contributed by atoms with E-state index >= 15 is 0 Å². The van der Waals surface area contributed by atoms with Crippen LogP contribution in [0.5, 0.6) is 0 Å². The second-order valence-electron chi connectivity index (χ2n) is 3.73. The number of aliphatic hydroxyl groups is 1. The summed E-state index contributed by atoms with van der Waals surface area (Å²) in [5, 5.41) is 9.05. The summed E-state index contributed by atoms with van der Waals surface area (Å²) in [5.41, 5.74) is 0.855. The summed E-state index contributed by atoms with van der Waals surface area (Å²) < 4.78 is 9.45. The fourth-order valence-electron chi connectivity index (χ4n) is 1.17. The molecule has 1 aromatic rings. The number of rotatable bonds is 6. The van der Waals surface area contributed by atoms with E-state index in [2.05, 4.69) is 4.74 Å². The monoisotopic (exact) mass is 264 g/mol. The second-order valence-corrected chi connectivity index (χ2v) is 3.73. The Morgan fingerprint density at radius 1 is 1.21 bits per heavy atom. The van der Waals surface area contributed by atoms with Crippen molar-refractivity contribution in [1.82, 2.24) is 0 Å². The molecule has 0 heterocycles. The first-order valence-corrected chi connectivity index (χ1v) is 5.89. The number of hydrogen-bond donors (Lipinski definition) is 1. The summed E-state index contributed by atoms with van der Waals surface area (Å²) >= 11 is 0. The molecule has 5 nitrogen and oxygen atoms in total. The molecule has 1 rings (SSSR count). The molecular formula is C14H16O5. The molecule has 1 N–H and O–H groups in total. The molecule has 19 heavy (non-hydrogen) atoms. The quantitative estimate of drug-likeness (QED) is 0.479. The summed E-state index contributed by atoms with van der Waals surface area (Å²) in [6.07, 6.45) is 1.02. The van der Waals surface area contributed by atoms with Gasteiger partial charge >= 0.3 is 11.9 Å². The number of hydrogen-bond acceptors (Lipinski definition) is 5. The largest absolute Gasteiger partial charge is 0.458 e. The van der Waals surface area contributed by atoms with Crippen molar-refractivity contribution in [2.75, 3.05) is 0 Å². The molecule has 0 amide bonds. The molecule has 1 aromatic carbocycles. The van der Waals surface area contributed by atoms with Gasteiger partial charge in [0.05, 0.1) is 0 Å². The maximum atomic E-state index is 11.3. The predicted octanol–water partition coefficient (Wildman–Crippen LogP) is 1.56. The van der Waals surface area contributed by atoms with Crippen LogP contribution in [0.1, 0.15) is 18.9 Å². The minimum atomic E-state index is -1.16. The van der Waals surface area contributed by atoms with Gasteiger partial charge in [0.15, 0.2) is 0 Å². The molecule has 0 bridgehead atoms. The lowest BCUT2D eigenvalue weighted by atomic mass is 10.2. The average Bonchev–Trinajstić information content (AvgIpc) is 2.43. The maximum absolute atomic E-state index is 11.3. The standard InChI is InChI=1S/C14H16O5/c1-2-12(15)19-14(17)9-8-13(16)18-10-11-6-4-3-5-7-11/h3-9,12,15H,2,10H2,1H3/b9-8-. The Morgan fingerprint density at radius 3 is 2.47 bits per heavy atom. The Bertz CT molecular complexity index is 438. The smallest absolute Gasteiger partial charge is 0.333 e. The second kappa shape index (κ2) is 8.05. The van der Waals surface area contributed by atoms with Gasteiger partial charge in [0, 0.05) is 18.6 Å². The summed E-state index contributed by atoms with van der Waals surface area (Å²) in [6, 6.07) is 9.18. The summed E-state index contributed by atoms with van der Waals surface area (Å²) in [4.78, 5) is 22.4. The van der Waals surface area contributed by atoms with E-state index in [1.807, 2.05) is 30.3 Å². The first kappa shape index (κ1) is 14.9. The summed E-state index contributed by atoms with van der Waals surface area (Å²) in [7, 11) is 0. The van der Waals surface area contributed by atoms with Gasteiger partial charge in [-0.1, -0.05) is 37.3 Å². The van der Waals surface area contributed by atoms with Crippen LogP contribution >= 0.6 is 0 Å². The van der Waals surface area contributed by atoms with Crippen LogP contribution in [0.2, 0.25) is 0 Å². The van der Waals surface area contributed by atoms with Crippen molar-refractivity contribution >= 4 is 11.9 Å². The summed E-state index contributed by atoms with van der Waals surface area (Å²) in [5.74, 6) is -1.43. The van der Waals surface area contributed by atoms with E-state index in [-0.39, 0.29) is 13.0 Å². The Hall–Kier alpha value is -2.14. The first-order chi connectivity index (χ1) is 9.11. The van der Waals surface area contributed by atoms with Crippen LogP contribution in [-0.2, 0) is 25.7 Å².